The maximum Gasteiger partial charge on any atom is 0.231 e. The fourth-order valence-corrected chi connectivity index (χ4v) is 6.10. The van der Waals surface area contributed by atoms with Crippen LogP contribution in [0.3, 0.4) is 0 Å². The van der Waals surface area contributed by atoms with Gasteiger partial charge in [0.05, 0.1) is 34.5 Å². The molecule has 196 valence electrons. The molecular formula is C26H30FN11. The van der Waals surface area contributed by atoms with Gasteiger partial charge >= 0.3 is 0 Å². The van der Waals surface area contributed by atoms with Gasteiger partial charge in [0, 0.05) is 31.1 Å². The SMILES string of the molecule is CNc1cc(F)cc2c1[nH]c1nc(Nc3cnc4c(c3)nnn4C(C)C)nc(N3CC4CCC3CC4N)c12. The van der Waals surface area contributed by atoms with Gasteiger partial charge in [-0.2, -0.15) is 9.97 Å². The molecule has 12 heteroatoms. The number of hydrogen-bond acceptors (Lipinski definition) is 9. The van der Waals surface area contributed by atoms with Crippen molar-refractivity contribution < 1.29 is 4.39 Å². The van der Waals surface area contributed by atoms with Gasteiger partial charge in [0.25, 0.3) is 0 Å². The van der Waals surface area contributed by atoms with E-state index in [4.69, 9.17) is 15.7 Å². The number of nitrogens with two attached hydrogens (primary N) is 1. The summed E-state index contributed by atoms with van der Waals surface area (Å²) < 4.78 is 16.4. The monoisotopic (exact) mass is 515 g/mol. The average Bonchev–Trinajstić information content (AvgIpc) is 3.49. The van der Waals surface area contributed by atoms with E-state index in [-0.39, 0.29) is 23.9 Å². The molecule has 4 aromatic heterocycles. The lowest BCUT2D eigenvalue weighted by atomic mass is 9.76. The highest BCUT2D eigenvalue weighted by Gasteiger charge is 2.40. The highest BCUT2D eigenvalue weighted by molar-refractivity contribution is 6.15. The lowest BCUT2D eigenvalue weighted by Crippen LogP contribution is -2.57. The molecule has 0 amide bonds. The van der Waals surface area contributed by atoms with Crippen LogP contribution in [0.1, 0.15) is 39.2 Å². The fourth-order valence-electron chi connectivity index (χ4n) is 6.10. The minimum absolute atomic E-state index is 0.155. The molecule has 6 heterocycles. The number of pyridine rings is 1. The van der Waals surface area contributed by atoms with E-state index in [1.807, 2.05) is 19.9 Å². The molecule has 3 unspecified atom stereocenters. The lowest BCUT2D eigenvalue weighted by Gasteiger charge is -2.49. The van der Waals surface area contributed by atoms with Crippen LogP contribution < -0.4 is 21.3 Å². The Balaban J connectivity index is 1.37. The van der Waals surface area contributed by atoms with Crippen molar-refractivity contribution in [2.24, 2.45) is 11.7 Å². The molecule has 3 atom stereocenters. The van der Waals surface area contributed by atoms with Crippen LogP contribution in [-0.4, -0.2) is 60.6 Å². The summed E-state index contributed by atoms with van der Waals surface area (Å²) >= 11 is 0. The van der Waals surface area contributed by atoms with Gasteiger partial charge in [-0.05, 0) is 57.2 Å². The van der Waals surface area contributed by atoms with Gasteiger partial charge in [-0.3, -0.25) is 0 Å². The molecule has 2 bridgehead atoms. The van der Waals surface area contributed by atoms with Crippen LogP contribution in [0.15, 0.2) is 24.4 Å². The molecular weight excluding hydrogens is 485 g/mol. The predicted octanol–water partition coefficient (Wildman–Crippen LogP) is 4.07. The number of nitrogens with one attached hydrogen (secondary N) is 3. The normalized spacial score (nSPS) is 21.3. The van der Waals surface area contributed by atoms with E-state index in [0.29, 0.717) is 34.4 Å². The van der Waals surface area contributed by atoms with Crippen LogP contribution in [0, 0.1) is 11.7 Å². The van der Waals surface area contributed by atoms with Crippen molar-refractivity contribution in [1.29, 1.82) is 0 Å². The van der Waals surface area contributed by atoms with E-state index in [0.717, 1.165) is 53.6 Å². The second-order valence-corrected chi connectivity index (χ2v) is 10.7. The molecule has 1 aromatic carbocycles. The second kappa shape index (κ2) is 8.48. The summed E-state index contributed by atoms with van der Waals surface area (Å²) in [5.74, 6) is 1.31. The number of hydrogen-bond donors (Lipinski definition) is 4. The Hall–Kier alpha value is -4.06. The van der Waals surface area contributed by atoms with E-state index < -0.39 is 0 Å². The van der Waals surface area contributed by atoms with Crippen molar-refractivity contribution in [3.8, 4) is 0 Å². The number of aromatic amines is 1. The van der Waals surface area contributed by atoms with Crippen LogP contribution in [-0.2, 0) is 0 Å². The molecule has 5 aromatic rings. The Labute approximate surface area is 218 Å². The van der Waals surface area contributed by atoms with Crippen molar-refractivity contribution in [3.05, 3.63) is 30.2 Å². The molecule has 8 rings (SSSR count). The Morgan fingerprint density at radius 2 is 2.05 bits per heavy atom. The summed E-state index contributed by atoms with van der Waals surface area (Å²) in [4.78, 5) is 20.2. The zero-order chi connectivity index (χ0) is 26.1. The number of H-pyrrole nitrogens is 1. The number of anilines is 4. The van der Waals surface area contributed by atoms with Crippen LogP contribution in [0.2, 0.25) is 0 Å². The molecule has 0 spiro atoms. The number of fused-ring (bicyclic) bond motifs is 7. The third-order valence-electron chi connectivity index (χ3n) is 8.00. The van der Waals surface area contributed by atoms with Gasteiger partial charge in [0.1, 0.15) is 22.8 Å². The number of rotatable bonds is 5. The first-order valence-electron chi connectivity index (χ1n) is 13.1. The summed E-state index contributed by atoms with van der Waals surface area (Å²) in [6, 6.07) is 5.57. The minimum atomic E-state index is -0.313. The van der Waals surface area contributed by atoms with Crippen LogP contribution >= 0.6 is 0 Å². The molecule has 2 saturated heterocycles. The van der Waals surface area contributed by atoms with E-state index >= 15 is 0 Å². The third-order valence-corrected chi connectivity index (χ3v) is 8.00. The van der Waals surface area contributed by atoms with Crippen molar-refractivity contribution in [1.82, 2.24) is 34.9 Å². The molecule has 3 aliphatic rings. The van der Waals surface area contributed by atoms with E-state index in [1.165, 1.54) is 6.07 Å². The first kappa shape index (κ1) is 23.1. The molecule has 38 heavy (non-hydrogen) atoms. The van der Waals surface area contributed by atoms with Gasteiger partial charge in [0.2, 0.25) is 5.95 Å². The largest absolute Gasteiger partial charge is 0.386 e. The van der Waals surface area contributed by atoms with Crippen molar-refractivity contribution in [3.63, 3.8) is 0 Å². The van der Waals surface area contributed by atoms with Gasteiger partial charge < -0.3 is 26.3 Å². The summed E-state index contributed by atoms with van der Waals surface area (Å²) in [5.41, 5.74) is 10.7. The zero-order valence-corrected chi connectivity index (χ0v) is 21.5. The first-order chi connectivity index (χ1) is 18.4. The topological polar surface area (TPSA) is 138 Å². The summed E-state index contributed by atoms with van der Waals surface area (Å²) in [7, 11) is 1.78. The molecule has 1 aliphatic carbocycles. The maximum absolute atomic E-state index is 14.7. The van der Waals surface area contributed by atoms with Crippen molar-refractivity contribution in [2.45, 2.75) is 51.2 Å². The zero-order valence-electron chi connectivity index (χ0n) is 21.5. The lowest BCUT2D eigenvalue weighted by molar-refractivity contribution is 0.216. The maximum atomic E-state index is 14.7. The smallest absolute Gasteiger partial charge is 0.231 e. The van der Waals surface area contributed by atoms with E-state index in [1.54, 1.807) is 24.0 Å². The van der Waals surface area contributed by atoms with Crippen molar-refractivity contribution in [2.75, 3.05) is 29.1 Å². The average molecular weight is 516 g/mol. The van der Waals surface area contributed by atoms with E-state index in [9.17, 15) is 4.39 Å². The number of nitrogens with zero attached hydrogens (tertiary/aromatic N) is 7. The Kier molecular flexibility index (Phi) is 5.15. The molecule has 2 aliphatic heterocycles. The van der Waals surface area contributed by atoms with Crippen molar-refractivity contribution >= 4 is 56.2 Å². The Morgan fingerprint density at radius 3 is 2.79 bits per heavy atom. The predicted molar refractivity (Wildman–Crippen MR) is 146 cm³/mol. The number of benzene rings is 1. The summed E-state index contributed by atoms with van der Waals surface area (Å²) in [5, 5.41) is 16.5. The second-order valence-electron chi connectivity index (χ2n) is 10.7. The first-order valence-corrected chi connectivity index (χ1v) is 13.1. The quantitative estimate of drug-likeness (QED) is 0.273. The third kappa shape index (κ3) is 3.54. The van der Waals surface area contributed by atoms with Gasteiger partial charge in [-0.1, -0.05) is 5.21 Å². The van der Waals surface area contributed by atoms with Gasteiger partial charge in [0.15, 0.2) is 5.65 Å². The number of piperidine rings is 2. The highest BCUT2D eigenvalue weighted by atomic mass is 19.1. The van der Waals surface area contributed by atoms with Crippen LogP contribution in [0.4, 0.5) is 27.5 Å². The molecule has 3 fully saturated rings. The van der Waals surface area contributed by atoms with Crippen LogP contribution in [0.5, 0.6) is 0 Å². The molecule has 1 saturated carbocycles. The van der Waals surface area contributed by atoms with Gasteiger partial charge in [-0.25, -0.2) is 14.1 Å². The fraction of sp³-hybridized carbons (Fsp3) is 0.423. The summed E-state index contributed by atoms with van der Waals surface area (Å²) in [6.45, 7) is 4.90. The molecule has 5 N–H and O–H groups in total. The number of aromatic nitrogens is 7. The van der Waals surface area contributed by atoms with Gasteiger partial charge in [-0.15, -0.1) is 5.10 Å². The minimum Gasteiger partial charge on any atom is -0.386 e. The molecule has 0 radical (unpaired) electrons. The number of halogens is 1. The summed E-state index contributed by atoms with van der Waals surface area (Å²) in [6.07, 6.45) is 4.84. The molecule has 11 nitrogen and oxygen atoms in total. The van der Waals surface area contributed by atoms with Crippen LogP contribution in [0.25, 0.3) is 33.1 Å². The highest BCUT2D eigenvalue weighted by Crippen LogP contribution is 2.42. The Morgan fingerprint density at radius 1 is 1.18 bits per heavy atom. The van der Waals surface area contributed by atoms with E-state index in [2.05, 4.69) is 35.8 Å². The Bertz CT molecular complexity index is 1690. The standard InChI is InChI=1S/C26H30FN11/c1-12(2)38-24-20(35-36-38)8-15(10-30-24)31-26-33-23-21(17-6-14(27)7-19(29-3)22(17)32-23)25(34-26)37-11-13-4-5-16(37)9-18(13)28/h6-8,10,12-13,16,18,29H,4-5,9,11,28H2,1-3H3,(H2,31,32,33,34).